The van der Waals surface area contributed by atoms with Gasteiger partial charge < -0.3 is 19.7 Å². The third-order valence-corrected chi connectivity index (χ3v) is 3.19. The molecule has 1 saturated heterocycles. The first-order valence-electron chi connectivity index (χ1n) is 6.49. The van der Waals surface area contributed by atoms with Gasteiger partial charge in [0, 0.05) is 32.4 Å². The molecule has 1 aromatic rings. The van der Waals surface area contributed by atoms with Crippen LogP contribution in [0.15, 0.2) is 18.2 Å². The molecule has 0 radical (unpaired) electrons. The second-order valence-corrected chi connectivity index (χ2v) is 4.59. The zero-order valence-corrected chi connectivity index (χ0v) is 11.2. The maximum absolute atomic E-state index is 5.45. The summed E-state index contributed by atoms with van der Waals surface area (Å²) < 4.78 is 10.4. The lowest BCUT2D eigenvalue weighted by Crippen LogP contribution is -2.28. The predicted octanol–water partition coefficient (Wildman–Crippen LogP) is 1.78. The molecule has 0 saturated carbocycles. The normalized spacial score (nSPS) is 16.4. The van der Waals surface area contributed by atoms with Crippen molar-refractivity contribution in [3.63, 3.8) is 0 Å². The van der Waals surface area contributed by atoms with Crippen molar-refractivity contribution in [2.24, 2.45) is 0 Å². The summed E-state index contributed by atoms with van der Waals surface area (Å²) in [5, 5.41) is 3.42. The van der Waals surface area contributed by atoms with Crippen molar-refractivity contribution in [1.29, 1.82) is 0 Å². The van der Waals surface area contributed by atoms with Crippen LogP contribution in [0.25, 0.3) is 0 Å². The van der Waals surface area contributed by atoms with E-state index in [2.05, 4.69) is 29.3 Å². The number of nitrogens with one attached hydrogen (secondary N) is 1. The highest BCUT2D eigenvalue weighted by molar-refractivity contribution is 5.55. The molecule has 0 spiro atoms. The molecule has 1 fully saturated rings. The lowest BCUT2D eigenvalue weighted by atomic mass is 10.1. The summed E-state index contributed by atoms with van der Waals surface area (Å²) in [4.78, 5) is 2.44. The van der Waals surface area contributed by atoms with Crippen LogP contribution in [0, 0.1) is 6.92 Å². The number of rotatable bonds is 4. The fourth-order valence-corrected chi connectivity index (χ4v) is 2.29. The average molecular weight is 250 g/mol. The van der Waals surface area contributed by atoms with Gasteiger partial charge in [0.15, 0.2) is 6.79 Å². The smallest absolute Gasteiger partial charge is 0.188 e. The summed E-state index contributed by atoms with van der Waals surface area (Å²) in [5.41, 5.74) is 2.56. The molecule has 100 valence electrons. The topological polar surface area (TPSA) is 33.7 Å². The molecule has 1 aromatic carbocycles. The summed E-state index contributed by atoms with van der Waals surface area (Å²) >= 11 is 0. The number of hydrogen-bond acceptors (Lipinski definition) is 4. The van der Waals surface area contributed by atoms with Gasteiger partial charge in [-0.3, -0.25) is 0 Å². The van der Waals surface area contributed by atoms with Crippen molar-refractivity contribution in [2.45, 2.75) is 13.3 Å². The number of hydrogen-bond donors (Lipinski definition) is 1. The van der Waals surface area contributed by atoms with Crippen LogP contribution in [-0.2, 0) is 4.74 Å². The van der Waals surface area contributed by atoms with Crippen molar-refractivity contribution in [3.8, 4) is 5.75 Å². The fourth-order valence-electron chi connectivity index (χ4n) is 2.29. The van der Waals surface area contributed by atoms with E-state index in [-0.39, 0.29) is 0 Å². The van der Waals surface area contributed by atoms with Crippen LogP contribution in [0.2, 0.25) is 0 Å². The lowest BCUT2D eigenvalue weighted by Gasteiger charge is -2.24. The van der Waals surface area contributed by atoms with Crippen molar-refractivity contribution >= 4 is 5.69 Å². The first-order valence-corrected chi connectivity index (χ1v) is 6.49. The summed E-state index contributed by atoms with van der Waals surface area (Å²) in [6.45, 7) is 6.79. The van der Waals surface area contributed by atoms with Crippen LogP contribution in [0.1, 0.15) is 12.0 Å². The zero-order valence-electron chi connectivity index (χ0n) is 11.2. The average Bonchev–Trinajstić information content (AvgIpc) is 2.65. The molecule has 0 aromatic heterocycles. The predicted molar refractivity (Wildman–Crippen MR) is 73.4 cm³/mol. The molecule has 2 rings (SSSR count). The van der Waals surface area contributed by atoms with Crippen LogP contribution in [0.3, 0.4) is 0 Å². The number of anilines is 1. The van der Waals surface area contributed by atoms with Gasteiger partial charge >= 0.3 is 0 Å². The van der Waals surface area contributed by atoms with E-state index in [1.54, 1.807) is 7.11 Å². The zero-order chi connectivity index (χ0) is 12.8. The van der Waals surface area contributed by atoms with Gasteiger partial charge in [0.25, 0.3) is 0 Å². The SMILES string of the molecule is COCOc1ccc(N2CCCNCC2)c(C)c1. The van der Waals surface area contributed by atoms with E-state index >= 15 is 0 Å². The summed E-state index contributed by atoms with van der Waals surface area (Å²) in [7, 11) is 1.63. The molecular weight excluding hydrogens is 228 g/mol. The first-order chi connectivity index (χ1) is 8.81. The fraction of sp³-hybridized carbons (Fsp3) is 0.571. The van der Waals surface area contributed by atoms with Gasteiger partial charge in [-0.1, -0.05) is 0 Å². The highest BCUT2D eigenvalue weighted by Gasteiger charge is 2.12. The van der Waals surface area contributed by atoms with E-state index < -0.39 is 0 Å². The highest BCUT2D eigenvalue weighted by atomic mass is 16.7. The Balaban J connectivity index is 2.08. The number of benzene rings is 1. The molecule has 1 aliphatic heterocycles. The van der Waals surface area contributed by atoms with Gasteiger partial charge in [-0.2, -0.15) is 0 Å². The van der Waals surface area contributed by atoms with E-state index in [9.17, 15) is 0 Å². The Hall–Kier alpha value is -1.26. The second-order valence-electron chi connectivity index (χ2n) is 4.59. The Morgan fingerprint density at radius 2 is 2.17 bits per heavy atom. The Bertz CT molecular complexity index is 374. The standard InChI is InChI=1S/C14H22N2O2/c1-12-10-13(18-11-17-2)4-5-14(12)16-8-3-6-15-7-9-16/h4-5,10,15H,3,6-9,11H2,1-2H3. The second kappa shape index (κ2) is 6.61. The van der Waals surface area contributed by atoms with E-state index in [0.717, 1.165) is 31.9 Å². The maximum Gasteiger partial charge on any atom is 0.188 e. The van der Waals surface area contributed by atoms with Crippen LogP contribution >= 0.6 is 0 Å². The van der Waals surface area contributed by atoms with Gasteiger partial charge in [-0.15, -0.1) is 0 Å². The van der Waals surface area contributed by atoms with Gasteiger partial charge in [0.1, 0.15) is 5.75 Å². The number of nitrogens with zero attached hydrogens (tertiary/aromatic N) is 1. The van der Waals surface area contributed by atoms with Crippen LogP contribution < -0.4 is 15.0 Å². The van der Waals surface area contributed by atoms with Crippen molar-refractivity contribution < 1.29 is 9.47 Å². The molecular formula is C14H22N2O2. The summed E-state index contributed by atoms with van der Waals surface area (Å²) in [5.74, 6) is 0.867. The number of methoxy groups -OCH3 is 1. The van der Waals surface area contributed by atoms with Crippen LogP contribution in [-0.4, -0.2) is 40.1 Å². The molecule has 0 atom stereocenters. The summed E-state index contributed by atoms with van der Waals surface area (Å²) in [6.07, 6.45) is 1.20. The van der Waals surface area contributed by atoms with E-state index in [1.807, 2.05) is 6.07 Å². The Labute approximate surface area is 109 Å². The first kappa shape index (κ1) is 13.2. The summed E-state index contributed by atoms with van der Waals surface area (Å²) in [6, 6.07) is 6.23. The molecule has 0 aliphatic carbocycles. The molecule has 1 N–H and O–H groups in total. The molecule has 0 amide bonds. The largest absolute Gasteiger partial charge is 0.468 e. The van der Waals surface area contributed by atoms with Gasteiger partial charge in [-0.05, 0) is 43.7 Å². The molecule has 4 heteroatoms. The monoisotopic (exact) mass is 250 g/mol. The van der Waals surface area contributed by atoms with Gasteiger partial charge in [-0.25, -0.2) is 0 Å². The van der Waals surface area contributed by atoms with Gasteiger partial charge in [0.05, 0.1) is 0 Å². The lowest BCUT2D eigenvalue weighted by molar-refractivity contribution is 0.0511. The molecule has 0 bridgehead atoms. The molecule has 4 nitrogen and oxygen atoms in total. The van der Waals surface area contributed by atoms with E-state index in [4.69, 9.17) is 9.47 Å². The minimum absolute atomic E-state index is 0.298. The Kier molecular flexibility index (Phi) is 4.84. The van der Waals surface area contributed by atoms with Crippen molar-refractivity contribution in [3.05, 3.63) is 23.8 Å². The minimum atomic E-state index is 0.298. The minimum Gasteiger partial charge on any atom is -0.468 e. The number of aryl methyl sites for hydroxylation is 1. The van der Waals surface area contributed by atoms with E-state index in [1.165, 1.54) is 17.7 Å². The van der Waals surface area contributed by atoms with Crippen LogP contribution in [0.4, 0.5) is 5.69 Å². The molecule has 1 heterocycles. The number of ether oxygens (including phenoxy) is 2. The quantitative estimate of drug-likeness (QED) is 0.826. The van der Waals surface area contributed by atoms with Crippen molar-refractivity contribution in [2.75, 3.05) is 45.0 Å². The third kappa shape index (κ3) is 3.37. The van der Waals surface area contributed by atoms with Gasteiger partial charge in [0.2, 0.25) is 0 Å². The molecule has 18 heavy (non-hydrogen) atoms. The van der Waals surface area contributed by atoms with Crippen molar-refractivity contribution in [1.82, 2.24) is 5.32 Å². The Morgan fingerprint density at radius 1 is 1.28 bits per heavy atom. The van der Waals surface area contributed by atoms with E-state index in [0.29, 0.717) is 6.79 Å². The van der Waals surface area contributed by atoms with Crippen LogP contribution in [0.5, 0.6) is 5.75 Å². The third-order valence-electron chi connectivity index (χ3n) is 3.19. The molecule has 0 unspecified atom stereocenters. The molecule has 1 aliphatic rings. The maximum atomic E-state index is 5.45. The highest BCUT2D eigenvalue weighted by Crippen LogP contribution is 2.25. The Morgan fingerprint density at radius 3 is 2.94 bits per heavy atom.